The van der Waals surface area contributed by atoms with Crippen LogP contribution in [0, 0.1) is 5.92 Å². The zero-order valence-corrected chi connectivity index (χ0v) is 12.8. The molecule has 1 fully saturated rings. The molecule has 1 atom stereocenters. The van der Waals surface area contributed by atoms with Gasteiger partial charge in [-0.2, -0.15) is 0 Å². The molecule has 0 bridgehead atoms. The first-order valence-corrected chi connectivity index (χ1v) is 7.97. The summed E-state index contributed by atoms with van der Waals surface area (Å²) in [5.41, 5.74) is 2.03. The number of carbonyl (C=O) groups is 2. The van der Waals surface area contributed by atoms with Crippen molar-refractivity contribution in [1.82, 2.24) is 9.88 Å². The third-order valence-corrected chi connectivity index (χ3v) is 4.61. The van der Waals surface area contributed by atoms with Crippen molar-refractivity contribution >= 4 is 23.2 Å². The Kier molecular flexibility index (Phi) is 4.20. The maximum Gasteiger partial charge on any atom is 0.308 e. The van der Waals surface area contributed by atoms with Crippen LogP contribution in [0.25, 0.3) is 0 Å². The lowest BCUT2D eigenvalue weighted by atomic mass is 10.1. The molecule has 2 heterocycles. The average Bonchev–Trinajstić information content (AvgIpc) is 3.08. The van der Waals surface area contributed by atoms with Gasteiger partial charge < -0.3 is 10.0 Å². The van der Waals surface area contributed by atoms with E-state index in [4.69, 9.17) is 5.11 Å². The molecule has 6 heteroatoms. The minimum Gasteiger partial charge on any atom is -0.481 e. The van der Waals surface area contributed by atoms with Gasteiger partial charge in [-0.3, -0.25) is 9.59 Å². The highest BCUT2D eigenvalue weighted by Gasteiger charge is 2.34. The summed E-state index contributed by atoms with van der Waals surface area (Å²) in [4.78, 5) is 28.9. The van der Waals surface area contributed by atoms with Gasteiger partial charge in [0.2, 0.25) is 5.91 Å². The monoisotopic (exact) mass is 316 g/mol. The van der Waals surface area contributed by atoms with Gasteiger partial charge in [0, 0.05) is 24.8 Å². The zero-order valence-electron chi connectivity index (χ0n) is 11.9. The summed E-state index contributed by atoms with van der Waals surface area (Å²) < 4.78 is 0. The maximum atomic E-state index is 11.8. The molecule has 1 unspecified atom stereocenters. The quantitative estimate of drug-likeness (QED) is 0.918. The highest BCUT2D eigenvalue weighted by Crippen LogP contribution is 2.22. The fraction of sp³-hybridized carbons (Fsp3) is 0.312. The molecule has 0 saturated carbocycles. The van der Waals surface area contributed by atoms with E-state index in [2.05, 4.69) is 17.1 Å². The van der Waals surface area contributed by atoms with Crippen molar-refractivity contribution in [2.45, 2.75) is 19.4 Å². The fourth-order valence-electron chi connectivity index (χ4n) is 2.56. The molecule has 114 valence electrons. The van der Waals surface area contributed by atoms with Gasteiger partial charge >= 0.3 is 5.97 Å². The van der Waals surface area contributed by atoms with E-state index in [1.54, 1.807) is 16.2 Å². The fourth-order valence-corrected chi connectivity index (χ4v) is 3.38. The van der Waals surface area contributed by atoms with Crippen LogP contribution in [0.1, 0.15) is 22.7 Å². The van der Waals surface area contributed by atoms with Gasteiger partial charge in [-0.1, -0.05) is 30.3 Å². The van der Waals surface area contributed by atoms with Crippen molar-refractivity contribution in [2.24, 2.45) is 5.92 Å². The molecule has 3 rings (SSSR count). The van der Waals surface area contributed by atoms with Crippen molar-refractivity contribution in [3.8, 4) is 0 Å². The van der Waals surface area contributed by atoms with Crippen molar-refractivity contribution in [2.75, 3.05) is 6.54 Å². The highest BCUT2D eigenvalue weighted by atomic mass is 32.1. The van der Waals surface area contributed by atoms with Gasteiger partial charge in [0.05, 0.1) is 23.2 Å². The number of carboxylic acid groups (broad SMARTS) is 1. The molecule has 0 radical (unpaired) electrons. The van der Waals surface area contributed by atoms with Crippen molar-refractivity contribution < 1.29 is 14.7 Å². The maximum absolute atomic E-state index is 11.8. The molecule has 1 aliphatic rings. The van der Waals surface area contributed by atoms with Gasteiger partial charge in [0.15, 0.2) is 0 Å². The number of aromatic nitrogens is 1. The van der Waals surface area contributed by atoms with Crippen LogP contribution in [0.4, 0.5) is 0 Å². The number of carbonyl (C=O) groups excluding carboxylic acids is 1. The molecule has 0 spiro atoms. The van der Waals surface area contributed by atoms with E-state index in [-0.39, 0.29) is 18.9 Å². The lowest BCUT2D eigenvalue weighted by molar-refractivity contribution is -0.141. The van der Waals surface area contributed by atoms with Gasteiger partial charge in [-0.15, -0.1) is 11.3 Å². The molecule has 1 aromatic carbocycles. The smallest absolute Gasteiger partial charge is 0.308 e. The third kappa shape index (κ3) is 3.33. The Morgan fingerprint density at radius 1 is 1.36 bits per heavy atom. The number of thiazole rings is 1. The summed E-state index contributed by atoms with van der Waals surface area (Å²) in [6.07, 6.45) is 0.869. The van der Waals surface area contributed by atoms with E-state index in [0.717, 1.165) is 17.1 Å². The van der Waals surface area contributed by atoms with Crippen LogP contribution in [0.5, 0.6) is 0 Å². The van der Waals surface area contributed by atoms with Gasteiger partial charge in [-0.25, -0.2) is 4.98 Å². The summed E-state index contributed by atoms with van der Waals surface area (Å²) in [7, 11) is 0. The van der Waals surface area contributed by atoms with Crippen LogP contribution in [0.2, 0.25) is 0 Å². The number of aliphatic carboxylic acids is 1. The first-order chi connectivity index (χ1) is 10.6. The van der Waals surface area contributed by atoms with E-state index in [9.17, 15) is 9.59 Å². The Bertz CT molecular complexity index is 684. The number of nitrogens with zero attached hydrogens (tertiary/aromatic N) is 2. The number of likely N-dealkylation sites (tertiary alicyclic amines) is 1. The molecule has 1 N–H and O–H groups in total. The van der Waals surface area contributed by atoms with Gasteiger partial charge in [-0.05, 0) is 5.56 Å². The zero-order chi connectivity index (χ0) is 15.5. The minimum absolute atomic E-state index is 0.0936. The number of hydrogen-bond acceptors (Lipinski definition) is 4. The summed E-state index contributed by atoms with van der Waals surface area (Å²) in [6, 6.07) is 10.1. The Morgan fingerprint density at radius 2 is 2.14 bits per heavy atom. The number of amides is 1. The Morgan fingerprint density at radius 3 is 2.82 bits per heavy atom. The van der Waals surface area contributed by atoms with Crippen LogP contribution < -0.4 is 0 Å². The normalized spacial score (nSPS) is 17.9. The van der Waals surface area contributed by atoms with Gasteiger partial charge in [0.1, 0.15) is 0 Å². The average molecular weight is 316 g/mol. The van der Waals surface area contributed by atoms with E-state index in [1.165, 1.54) is 5.56 Å². The highest BCUT2D eigenvalue weighted by molar-refractivity contribution is 7.09. The van der Waals surface area contributed by atoms with Crippen molar-refractivity contribution in [1.29, 1.82) is 0 Å². The third-order valence-electron chi connectivity index (χ3n) is 3.71. The second kappa shape index (κ2) is 6.27. The number of hydrogen-bond donors (Lipinski definition) is 1. The van der Waals surface area contributed by atoms with Crippen LogP contribution in [0.15, 0.2) is 35.7 Å². The molecule has 22 heavy (non-hydrogen) atoms. The summed E-state index contributed by atoms with van der Waals surface area (Å²) in [6.45, 7) is 0.674. The van der Waals surface area contributed by atoms with E-state index in [0.29, 0.717) is 6.54 Å². The summed E-state index contributed by atoms with van der Waals surface area (Å²) >= 11 is 1.57. The van der Waals surface area contributed by atoms with Crippen LogP contribution in [-0.4, -0.2) is 33.4 Å². The molecular formula is C16H16N2O3S. The van der Waals surface area contributed by atoms with Crippen LogP contribution in [-0.2, 0) is 22.6 Å². The van der Waals surface area contributed by atoms with Crippen molar-refractivity contribution in [3.05, 3.63) is 52.0 Å². The molecule has 1 amide bonds. The second-order valence-electron chi connectivity index (χ2n) is 5.41. The lowest BCUT2D eigenvalue weighted by Gasteiger charge is -2.13. The minimum atomic E-state index is -0.904. The molecule has 1 saturated heterocycles. The number of benzene rings is 1. The topological polar surface area (TPSA) is 70.5 Å². The molecule has 0 aliphatic carbocycles. The Balaban J connectivity index is 1.62. The standard InChI is InChI=1S/C16H16N2O3S/c19-15-7-12(16(20)21)8-18(15)9-13-10-22-14(17-13)6-11-4-2-1-3-5-11/h1-5,10,12H,6-9H2,(H,20,21). The van der Waals surface area contributed by atoms with Crippen LogP contribution in [0.3, 0.4) is 0 Å². The predicted molar refractivity (Wildman–Crippen MR) is 82.5 cm³/mol. The first kappa shape index (κ1) is 14.7. The lowest BCUT2D eigenvalue weighted by Crippen LogP contribution is -2.25. The molecule has 2 aromatic rings. The van der Waals surface area contributed by atoms with Crippen LogP contribution >= 0.6 is 11.3 Å². The van der Waals surface area contributed by atoms with E-state index >= 15 is 0 Å². The molecular weight excluding hydrogens is 300 g/mol. The Hall–Kier alpha value is -2.21. The van der Waals surface area contributed by atoms with Crippen molar-refractivity contribution in [3.63, 3.8) is 0 Å². The molecule has 5 nitrogen and oxygen atoms in total. The molecule has 1 aliphatic heterocycles. The largest absolute Gasteiger partial charge is 0.481 e. The number of carboxylic acids is 1. The predicted octanol–water partition coefficient (Wildman–Crippen LogP) is 2.17. The number of rotatable bonds is 5. The molecule has 1 aromatic heterocycles. The summed E-state index contributed by atoms with van der Waals surface area (Å²) in [5.74, 6) is -1.60. The second-order valence-corrected chi connectivity index (χ2v) is 6.35. The Labute approximate surface area is 132 Å². The SMILES string of the molecule is O=C(O)C1CC(=O)N(Cc2csc(Cc3ccccc3)n2)C1. The van der Waals surface area contributed by atoms with E-state index < -0.39 is 11.9 Å². The van der Waals surface area contributed by atoms with E-state index in [1.807, 2.05) is 23.6 Å². The first-order valence-electron chi connectivity index (χ1n) is 7.09. The van der Waals surface area contributed by atoms with Gasteiger partial charge in [0.25, 0.3) is 0 Å². The summed E-state index contributed by atoms with van der Waals surface area (Å²) in [5, 5.41) is 11.9.